The molecular weight excluding hydrogens is 264 g/mol. The van der Waals surface area contributed by atoms with Crippen LogP contribution in [0.15, 0.2) is 12.3 Å². The lowest BCUT2D eigenvalue weighted by atomic mass is 10.1. The number of pyridine rings is 1. The quantitative estimate of drug-likeness (QED) is 0.441. The summed E-state index contributed by atoms with van der Waals surface area (Å²) >= 11 is 0. The van der Waals surface area contributed by atoms with Gasteiger partial charge < -0.3 is 10.4 Å². The van der Waals surface area contributed by atoms with E-state index in [-0.39, 0.29) is 17.1 Å². The fourth-order valence-electron chi connectivity index (χ4n) is 1.53. The van der Waals surface area contributed by atoms with Crippen LogP contribution in [0.5, 0.6) is 0 Å². The first kappa shape index (κ1) is 15.4. The Bertz CT molecular complexity index is 553. The third-order valence-electron chi connectivity index (χ3n) is 2.72. The molecule has 0 aliphatic carbocycles. The minimum absolute atomic E-state index is 0.0805. The summed E-state index contributed by atoms with van der Waals surface area (Å²) in [6, 6.07) is 2.93. The van der Waals surface area contributed by atoms with Gasteiger partial charge in [0.05, 0.1) is 16.4 Å². The summed E-state index contributed by atoms with van der Waals surface area (Å²) in [6.07, 6.45) is 2.26. The van der Waals surface area contributed by atoms with Crippen molar-refractivity contribution in [1.29, 1.82) is 5.26 Å². The molecule has 0 amide bonds. The zero-order valence-electron chi connectivity index (χ0n) is 10.9. The van der Waals surface area contributed by atoms with Crippen LogP contribution in [-0.4, -0.2) is 27.5 Å². The van der Waals surface area contributed by atoms with E-state index in [4.69, 9.17) is 10.4 Å². The number of hydrogen-bond donors (Lipinski definition) is 2. The number of aromatic nitrogens is 1. The number of hydrogen-bond acceptors (Lipinski definition) is 6. The van der Waals surface area contributed by atoms with Crippen LogP contribution < -0.4 is 5.32 Å². The highest BCUT2D eigenvalue weighted by atomic mass is 16.6. The van der Waals surface area contributed by atoms with Gasteiger partial charge in [-0.15, -0.1) is 0 Å². The van der Waals surface area contributed by atoms with Gasteiger partial charge in [0.25, 0.3) is 0 Å². The van der Waals surface area contributed by atoms with Crippen LogP contribution in [0.3, 0.4) is 0 Å². The highest BCUT2D eigenvalue weighted by Crippen LogP contribution is 2.22. The highest BCUT2D eigenvalue weighted by Gasteiger charge is 2.16. The molecule has 0 saturated carbocycles. The molecule has 0 bridgehead atoms. The fraction of sp³-hybridized carbons (Fsp3) is 0.417. The van der Waals surface area contributed by atoms with E-state index in [0.717, 1.165) is 6.07 Å². The molecule has 8 heteroatoms. The van der Waals surface area contributed by atoms with E-state index in [0.29, 0.717) is 19.4 Å². The number of nitriles is 1. The van der Waals surface area contributed by atoms with Crippen molar-refractivity contribution in [2.45, 2.75) is 19.8 Å². The summed E-state index contributed by atoms with van der Waals surface area (Å²) in [5, 5.41) is 31.0. The van der Waals surface area contributed by atoms with Gasteiger partial charge in [0.2, 0.25) is 5.82 Å². The highest BCUT2D eigenvalue weighted by molar-refractivity contribution is 5.69. The van der Waals surface area contributed by atoms with Gasteiger partial charge in [-0.1, -0.05) is 6.92 Å². The van der Waals surface area contributed by atoms with Crippen molar-refractivity contribution in [3.05, 3.63) is 27.9 Å². The number of aliphatic carboxylic acids is 1. The standard InChI is InChI=1S/C12H14N4O4/c1-8(12(17)18)3-2-4-14-11-10(16(19)20)5-9(6-13)7-15-11/h5,7-8H,2-4H2,1H3,(H,14,15)(H,17,18). The van der Waals surface area contributed by atoms with Crippen LogP contribution in [0.2, 0.25) is 0 Å². The number of carboxylic acids is 1. The molecule has 0 spiro atoms. The van der Waals surface area contributed by atoms with E-state index < -0.39 is 16.8 Å². The van der Waals surface area contributed by atoms with Crippen LogP contribution in [0.25, 0.3) is 0 Å². The molecule has 1 aromatic heterocycles. The van der Waals surface area contributed by atoms with Crippen molar-refractivity contribution in [3.8, 4) is 6.07 Å². The van der Waals surface area contributed by atoms with E-state index in [1.165, 1.54) is 6.20 Å². The molecule has 1 atom stereocenters. The monoisotopic (exact) mass is 278 g/mol. The first-order valence-electron chi connectivity index (χ1n) is 5.97. The normalized spacial score (nSPS) is 11.4. The van der Waals surface area contributed by atoms with Crippen molar-refractivity contribution in [2.24, 2.45) is 5.92 Å². The Kier molecular flexibility index (Phi) is 5.41. The van der Waals surface area contributed by atoms with E-state index >= 15 is 0 Å². The second-order valence-electron chi connectivity index (χ2n) is 4.27. The number of carboxylic acid groups (broad SMARTS) is 1. The lowest BCUT2D eigenvalue weighted by Gasteiger charge is -2.08. The van der Waals surface area contributed by atoms with E-state index in [1.54, 1.807) is 13.0 Å². The van der Waals surface area contributed by atoms with Crippen LogP contribution in [0.1, 0.15) is 25.3 Å². The number of nitro groups is 1. The van der Waals surface area contributed by atoms with Gasteiger partial charge in [-0.2, -0.15) is 5.26 Å². The lowest BCUT2D eigenvalue weighted by molar-refractivity contribution is -0.384. The molecule has 106 valence electrons. The number of nitrogens with zero attached hydrogens (tertiary/aromatic N) is 3. The summed E-state index contributed by atoms with van der Waals surface area (Å²) in [5.41, 5.74) is -0.155. The Balaban J connectivity index is 2.62. The molecule has 0 fully saturated rings. The fourth-order valence-corrected chi connectivity index (χ4v) is 1.53. The van der Waals surface area contributed by atoms with Gasteiger partial charge in [0.1, 0.15) is 6.07 Å². The second-order valence-corrected chi connectivity index (χ2v) is 4.27. The van der Waals surface area contributed by atoms with Gasteiger partial charge in [-0.3, -0.25) is 14.9 Å². The van der Waals surface area contributed by atoms with Gasteiger partial charge in [0, 0.05) is 18.8 Å². The Morgan fingerprint density at radius 3 is 2.95 bits per heavy atom. The number of anilines is 1. The maximum atomic E-state index is 10.9. The minimum Gasteiger partial charge on any atom is -0.481 e. The van der Waals surface area contributed by atoms with Crippen molar-refractivity contribution in [3.63, 3.8) is 0 Å². The topological polar surface area (TPSA) is 129 Å². The molecular formula is C12H14N4O4. The van der Waals surface area contributed by atoms with Crippen LogP contribution in [-0.2, 0) is 4.79 Å². The first-order chi connectivity index (χ1) is 9.45. The molecule has 0 saturated heterocycles. The van der Waals surface area contributed by atoms with E-state index in [1.807, 2.05) is 0 Å². The maximum Gasteiger partial charge on any atom is 0.312 e. The van der Waals surface area contributed by atoms with E-state index in [9.17, 15) is 14.9 Å². The summed E-state index contributed by atoms with van der Waals surface area (Å²) in [6.45, 7) is 1.97. The van der Waals surface area contributed by atoms with Crippen molar-refractivity contribution in [2.75, 3.05) is 11.9 Å². The van der Waals surface area contributed by atoms with Gasteiger partial charge in [0.15, 0.2) is 0 Å². The van der Waals surface area contributed by atoms with Crippen molar-refractivity contribution in [1.82, 2.24) is 4.98 Å². The average Bonchev–Trinajstić information content (AvgIpc) is 2.42. The molecule has 1 unspecified atom stereocenters. The molecule has 1 heterocycles. The molecule has 2 N–H and O–H groups in total. The van der Waals surface area contributed by atoms with E-state index in [2.05, 4.69) is 10.3 Å². The Hall–Kier alpha value is -2.69. The summed E-state index contributed by atoms with van der Waals surface area (Å²) < 4.78 is 0. The SMILES string of the molecule is CC(CCCNc1ncc(C#N)cc1[N+](=O)[O-])C(=O)O. The van der Waals surface area contributed by atoms with Crippen molar-refractivity contribution < 1.29 is 14.8 Å². The zero-order chi connectivity index (χ0) is 15.1. The second kappa shape index (κ2) is 7.04. The Labute approximate surface area is 115 Å². The van der Waals surface area contributed by atoms with Gasteiger partial charge in [-0.25, -0.2) is 4.98 Å². The third kappa shape index (κ3) is 4.20. The number of rotatable bonds is 7. The molecule has 20 heavy (non-hydrogen) atoms. The smallest absolute Gasteiger partial charge is 0.312 e. The zero-order valence-corrected chi connectivity index (χ0v) is 10.9. The largest absolute Gasteiger partial charge is 0.481 e. The third-order valence-corrected chi connectivity index (χ3v) is 2.72. The molecule has 0 radical (unpaired) electrons. The van der Waals surface area contributed by atoms with Gasteiger partial charge >= 0.3 is 11.7 Å². The van der Waals surface area contributed by atoms with Crippen LogP contribution in [0.4, 0.5) is 11.5 Å². The lowest BCUT2D eigenvalue weighted by Crippen LogP contribution is -2.12. The summed E-state index contributed by atoms with van der Waals surface area (Å²) in [4.78, 5) is 24.7. The number of nitrogens with one attached hydrogen (secondary N) is 1. The molecule has 0 aliphatic rings. The van der Waals surface area contributed by atoms with Crippen LogP contribution >= 0.6 is 0 Å². The van der Waals surface area contributed by atoms with Crippen LogP contribution in [0, 0.1) is 27.4 Å². The van der Waals surface area contributed by atoms with Crippen molar-refractivity contribution >= 4 is 17.5 Å². The Morgan fingerprint density at radius 1 is 1.70 bits per heavy atom. The molecule has 1 aromatic rings. The molecule has 0 aliphatic heterocycles. The molecule has 0 aromatic carbocycles. The molecule has 8 nitrogen and oxygen atoms in total. The summed E-state index contributed by atoms with van der Waals surface area (Å²) in [7, 11) is 0. The number of carbonyl (C=O) groups is 1. The summed E-state index contributed by atoms with van der Waals surface area (Å²) in [5.74, 6) is -1.25. The van der Waals surface area contributed by atoms with Gasteiger partial charge in [-0.05, 0) is 12.8 Å². The molecule has 1 rings (SSSR count). The predicted molar refractivity (Wildman–Crippen MR) is 70.1 cm³/mol. The minimum atomic E-state index is -0.868. The average molecular weight is 278 g/mol. The first-order valence-corrected chi connectivity index (χ1v) is 5.97. The predicted octanol–water partition coefficient (Wildman–Crippen LogP) is 1.77. The maximum absolute atomic E-state index is 10.9. The Morgan fingerprint density at radius 2 is 2.40 bits per heavy atom.